The highest BCUT2D eigenvalue weighted by Gasteiger charge is 2.23. The van der Waals surface area contributed by atoms with Gasteiger partial charge in [-0.25, -0.2) is 0 Å². The molecular weight excluding hydrogens is 224 g/mol. The third kappa shape index (κ3) is 5.07. The van der Waals surface area contributed by atoms with E-state index in [0.717, 1.165) is 4.31 Å². The highest BCUT2D eigenvalue weighted by molar-refractivity contribution is 7.87. The van der Waals surface area contributed by atoms with Gasteiger partial charge in [-0.1, -0.05) is 0 Å². The number of hydrogen-bond donors (Lipinski definition) is 2. The van der Waals surface area contributed by atoms with Crippen molar-refractivity contribution in [3.63, 3.8) is 0 Å². The Kier molecular flexibility index (Phi) is 5.73. The molecule has 0 saturated heterocycles. The van der Waals surface area contributed by atoms with Gasteiger partial charge in [-0.05, 0) is 6.92 Å². The lowest BCUT2D eigenvalue weighted by Gasteiger charge is -2.18. The molecule has 0 aliphatic rings. The Hall–Kier alpha value is -0.700. The Bertz CT molecular complexity index is 303. The van der Waals surface area contributed by atoms with Crippen molar-refractivity contribution in [1.82, 2.24) is 9.03 Å². The van der Waals surface area contributed by atoms with Gasteiger partial charge in [-0.15, -0.1) is 0 Å². The Labute approximate surface area is 89.2 Å². The van der Waals surface area contributed by atoms with Crippen molar-refractivity contribution in [2.24, 2.45) is 0 Å². The topological polar surface area (TPSA) is 95.9 Å². The molecule has 0 spiro atoms. The minimum absolute atomic E-state index is 0.165. The van der Waals surface area contributed by atoms with Crippen LogP contribution in [0.5, 0.6) is 0 Å². The molecule has 0 aromatic rings. The second-order valence-corrected chi connectivity index (χ2v) is 4.81. The number of nitrogens with zero attached hydrogens (tertiary/aromatic N) is 1. The highest BCUT2D eigenvalue weighted by atomic mass is 32.2. The van der Waals surface area contributed by atoms with Gasteiger partial charge < -0.3 is 9.84 Å². The number of carbonyl (C=O) groups is 1. The van der Waals surface area contributed by atoms with Gasteiger partial charge in [-0.3, -0.25) is 4.79 Å². The highest BCUT2D eigenvalue weighted by Crippen LogP contribution is 1.96. The minimum atomic E-state index is -3.75. The zero-order chi connectivity index (χ0) is 12.1. The first-order valence-electron chi connectivity index (χ1n) is 4.26. The van der Waals surface area contributed by atoms with Gasteiger partial charge in [0, 0.05) is 20.7 Å². The van der Waals surface area contributed by atoms with Crippen LogP contribution in [0.15, 0.2) is 0 Å². The second kappa shape index (κ2) is 6.01. The van der Waals surface area contributed by atoms with Crippen molar-refractivity contribution < 1.29 is 23.1 Å². The number of nitrogens with one attached hydrogen (secondary N) is 1. The van der Waals surface area contributed by atoms with E-state index in [-0.39, 0.29) is 13.2 Å². The monoisotopic (exact) mass is 240 g/mol. The first-order valence-corrected chi connectivity index (χ1v) is 5.70. The van der Waals surface area contributed by atoms with Crippen molar-refractivity contribution in [2.45, 2.75) is 13.0 Å². The molecule has 0 aromatic carbocycles. The van der Waals surface area contributed by atoms with Crippen LogP contribution in [-0.2, 0) is 19.7 Å². The van der Waals surface area contributed by atoms with Crippen molar-refractivity contribution in [1.29, 1.82) is 0 Å². The molecule has 90 valence electrons. The maximum atomic E-state index is 11.4. The lowest BCUT2D eigenvalue weighted by molar-refractivity contribution is -0.138. The van der Waals surface area contributed by atoms with Crippen LogP contribution in [0, 0.1) is 0 Å². The summed E-state index contributed by atoms with van der Waals surface area (Å²) in [5.74, 6) is -1.22. The van der Waals surface area contributed by atoms with Crippen LogP contribution < -0.4 is 4.72 Å². The smallest absolute Gasteiger partial charge is 0.321 e. The molecule has 0 fully saturated rings. The van der Waals surface area contributed by atoms with E-state index < -0.39 is 22.2 Å². The van der Waals surface area contributed by atoms with Gasteiger partial charge in [0.25, 0.3) is 10.2 Å². The standard InChI is InChI=1S/C7H16N2O5S/c1-6(7(10)11)8-15(12,13)9(2)4-5-14-3/h6,8H,4-5H2,1-3H3,(H,10,11)/t6-/m0/s1. The number of methoxy groups -OCH3 is 1. The van der Waals surface area contributed by atoms with Crippen LogP contribution in [0.1, 0.15) is 6.92 Å². The number of hydrogen-bond acceptors (Lipinski definition) is 4. The third-order valence-corrected chi connectivity index (χ3v) is 3.37. The summed E-state index contributed by atoms with van der Waals surface area (Å²) in [7, 11) is -0.959. The summed E-state index contributed by atoms with van der Waals surface area (Å²) >= 11 is 0. The van der Waals surface area contributed by atoms with Crippen LogP contribution in [0.4, 0.5) is 0 Å². The molecule has 8 heteroatoms. The molecule has 0 aliphatic carbocycles. The van der Waals surface area contributed by atoms with Gasteiger partial charge in [0.15, 0.2) is 0 Å². The number of carboxylic acid groups (broad SMARTS) is 1. The molecule has 0 rings (SSSR count). The molecule has 0 aromatic heterocycles. The predicted octanol–water partition coefficient (Wildman–Crippen LogP) is -1.13. The van der Waals surface area contributed by atoms with Crippen molar-refractivity contribution >= 4 is 16.2 Å². The minimum Gasteiger partial charge on any atom is -0.480 e. The van der Waals surface area contributed by atoms with Crippen molar-refractivity contribution in [3.8, 4) is 0 Å². The molecule has 0 unspecified atom stereocenters. The quantitative estimate of drug-likeness (QED) is 0.587. The summed E-state index contributed by atoms with van der Waals surface area (Å²) in [4.78, 5) is 10.4. The summed E-state index contributed by atoms with van der Waals surface area (Å²) in [6, 6.07) is -1.15. The maximum absolute atomic E-state index is 11.4. The number of carboxylic acids is 1. The van der Waals surface area contributed by atoms with E-state index in [0.29, 0.717) is 0 Å². The largest absolute Gasteiger partial charge is 0.480 e. The third-order valence-electron chi connectivity index (χ3n) is 1.72. The Morgan fingerprint density at radius 2 is 2.13 bits per heavy atom. The molecule has 0 amide bonds. The van der Waals surface area contributed by atoms with Gasteiger partial charge in [-0.2, -0.15) is 17.4 Å². The molecule has 1 atom stereocenters. The summed E-state index contributed by atoms with van der Waals surface area (Å²) in [5, 5.41) is 8.53. The van der Waals surface area contributed by atoms with Crippen LogP contribution >= 0.6 is 0 Å². The number of aliphatic carboxylic acids is 1. The van der Waals surface area contributed by atoms with Crippen LogP contribution in [0.2, 0.25) is 0 Å². The fourth-order valence-corrected chi connectivity index (χ4v) is 1.75. The second-order valence-electron chi connectivity index (χ2n) is 3.00. The van der Waals surface area contributed by atoms with Crippen LogP contribution in [0.25, 0.3) is 0 Å². The first-order chi connectivity index (χ1) is 6.81. The lowest BCUT2D eigenvalue weighted by Crippen LogP contribution is -2.46. The normalized spacial score (nSPS) is 14.1. The number of rotatable bonds is 7. The predicted molar refractivity (Wildman–Crippen MR) is 53.7 cm³/mol. The fraction of sp³-hybridized carbons (Fsp3) is 0.857. The van der Waals surface area contributed by atoms with Gasteiger partial charge in [0.1, 0.15) is 6.04 Å². The summed E-state index contributed by atoms with van der Waals surface area (Å²) in [5.41, 5.74) is 0. The van der Waals surface area contributed by atoms with E-state index in [1.807, 2.05) is 4.72 Å². The van der Waals surface area contributed by atoms with E-state index in [4.69, 9.17) is 9.84 Å². The van der Waals surface area contributed by atoms with Crippen LogP contribution in [-0.4, -0.2) is 57.1 Å². The fourth-order valence-electron chi connectivity index (χ4n) is 0.704. The number of likely N-dealkylation sites (N-methyl/N-ethyl adjacent to an activating group) is 1. The Morgan fingerprint density at radius 3 is 2.53 bits per heavy atom. The Balaban J connectivity index is 4.35. The lowest BCUT2D eigenvalue weighted by atomic mass is 10.4. The molecule has 0 heterocycles. The van der Waals surface area contributed by atoms with Gasteiger partial charge in [0.2, 0.25) is 0 Å². The average molecular weight is 240 g/mol. The van der Waals surface area contributed by atoms with Crippen LogP contribution in [0.3, 0.4) is 0 Å². The molecule has 7 nitrogen and oxygen atoms in total. The maximum Gasteiger partial charge on any atom is 0.321 e. The Morgan fingerprint density at radius 1 is 1.60 bits per heavy atom. The molecule has 0 bridgehead atoms. The molecule has 0 aliphatic heterocycles. The molecule has 0 radical (unpaired) electrons. The number of ether oxygens (including phenoxy) is 1. The first kappa shape index (κ1) is 14.3. The van der Waals surface area contributed by atoms with E-state index >= 15 is 0 Å². The summed E-state index contributed by atoms with van der Waals surface area (Å²) < 4.78 is 30.6. The molecule has 15 heavy (non-hydrogen) atoms. The van der Waals surface area contributed by atoms with Crippen molar-refractivity contribution in [3.05, 3.63) is 0 Å². The zero-order valence-electron chi connectivity index (χ0n) is 8.93. The zero-order valence-corrected chi connectivity index (χ0v) is 9.74. The van der Waals surface area contributed by atoms with Gasteiger partial charge >= 0.3 is 5.97 Å². The van der Waals surface area contributed by atoms with Crippen molar-refractivity contribution in [2.75, 3.05) is 27.3 Å². The average Bonchev–Trinajstić information content (AvgIpc) is 2.13. The van der Waals surface area contributed by atoms with E-state index in [1.54, 1.807) is 0 Å². The van der Waals surface area contributed by atoms with E-state index in [1.165, 1.54) is 21.1 Å². The summed E-state index contributed by atoms with van der Waals surface area (Å²) in [6.07, 6.45) is 0. The van der Waals surface area contributed by atoms with Gasteiger partial charge in [0.05, 0.1) is 6.61 Å². The van der Waals surface area contributed by atoms with E-state index in [2.05, 4.69) is 0 Å². The van der Waals surface area contributed by atoms with E-state index in [9.17, 15) is 13.2 Å². The molecule has 2 N–H and O–H groups in total. The SMILES string of the molecule is COCCN(C)S(=O)(=O)N[C@@H](C)C(=O)O. The summed E-state index contributed by atoms with van der Waals surface area (Å²) in [6.45, 7) is 1.67. The molecular formula is C7H16N2O5S. The molecule has 0 saturated carbocycles.